The molecule has 5 rings (SSSR count). The van der Waals surface area contributed by atoms with Crippen molar-refractivity contribution in [2.24, 2.45) is 0 Å². The van der Waals surface area contributed by atoms with Crippen molar-refractivity contribution in [3.63, 3.8) is 0 Å². The largest absolute Gasteiger partial charge is 0.486 e. The number of ether oxygens (including phenoxy) is 3. The second kappa shape index (κ2) is 9.11. The molecule has 1 atom stereocenters. The van der Waals surface area contributed by atoms with Crippen molar-refractivity contribution in [1.29, 1.82) is 0 Å². The average Bonchev–Trinajstić information content (AvgIpc) is 2.83. The second-order valence-electron chi connectivity index (χ2n) is 8.06. The summed E-state index contributed by atoms with van der Waals surface area (Å²) in [5.41, 5.74) is 2.35. The molecule has 1 saturated heterocycles. The molecule has 1 aromatic heterocycles. The number of urea groups is 1. The molecule has 172 valence electrons. The number of nitrogens with zero attached hydrogens (tertiary/aromatic N) is 3. The highest BCUT2D eigenvalue weighted by Crippen LogP contribution is 2.38. The number of morpholine rings is 1. The van der Waals surface area contributed by atoms with Crippen molar-refractivity contribution in [1.82, 2.24) is 15.3 Å². The standard InChI is InChI=1S/C24H27N5O4/c1-3-25-24(30)26-17-6-4-16(5-7-17)22-27-19-13-21-20(32-10-11-33-21)12-18(19)23(28-22)29-8-9-31-14-15(29)2/h4-7,12-13,15H,3,8-11,14H2,1-2H3,(H2,25,26,30)/t15-/m0/s1. The molecule has 0 radical (unpaired) electrons. The molecule has 2 N–H and O–H groups in total. The van der Waals surface area contributed by atoms with Gasteiger partial charge < -0.3 is 29.7 Å². The third-order valence-electron chi connectivity index (χ3n) is 5.72. The fourth-order valence-electron chi connectivity index (χ4n) is 4.08. The summed E-state index contributed by atoms with van der Waals surface area (Å²) in [4.78, 5) is 23.9. The molecule has 9 heteroatoms. The first kappa shape index (κ1) is 21.3. The van der Waals surface area contributed by atoms with E-state index in [0.717, 1.165) is 28.8 Å². The number of anilines is 2. The van der Waals surface area contributed by atoms with E-state index < -0.39 is 0 Å². The van der Waals surface area contributed by atoms with Crippen LogP contribution in [0.5, 0.6) is 11.5 Å². The van der Waals surface area contributed by atoms with E-state index in [-0.39, 0.29) is 12.1 Å². The molecule has 0 saturated carbocycles. The molecular formula is C24H27N5O4. The second-order valence-corrected chi connectivity index (χ2v) is 8.06. The summed E-state index contributed by atoms with van der Waals surface area (Å²) < 4.78 is 17.2. The zero-order chi connectivity index (χ0) is 22.8. The van der Waals surface area contributed by atoms with Crippen LogP contribution in [0.3, 0.4) is 0 Å². The van der Waals surface area contributed by atoms with Crippen molar-refractivity contribution in [2.45, 2.75) is 19.9 Å². The Morgan fingerprint density at radius 2 is 1.85 bits per heavy atom. The van der Waals surface area contributed by atoms with Crippen molar-refractivity contribution in [2.75, 3.05) is 49.7 Å². The highest BCUT2D eigenvalue weighted by atomic mass is 16.6. The minimum absolute atomic E-state index is 0.182. The predicted molar refractivity (Wildman–Crippen MR) is 126 cm³/mol. The van der Waals surface area contributed by atoms with Crippen LogP contribution < -0.4 is 25.0 Å². The lowest BCUT2D eigenvalue weighted by Crippen LogP contribution is -2.44. The predicted octanol–water partition coefficient (Wildman–Crippen LogP) is 3.43. The summed E-state index contributed by atoms with van der Waals surface area (Å²) in [6.07, 6.45) is 0. The fraction of sp³-hybridized carbons (Fsp3) is 0.375. The van der Waals surface area contributed by atoms with E-state index in [4.69, 9.17) is 24.2 Å². The van der Waals surface area contributed by atoms with Gasteiger partial charge in [0.15, 0.2) is 17.3 Å². The molecule has 0 spiro atoms. The van der Waals surface area contributed by atoms with Gasteiger partial charge >= 0.3 is 6.03 Å². The Morgan fingerprint density at radius 3 is 2.58 bits per heavy atom. The third kappa shape index (κ3) is 4.36. The first-order valence-electron chi connectivity index (χ1n) is 11.2. The van der Waals surface area contributed by atoms with Gasteiger partial charge in [0.05, 0.1) is 24.8 Å². The minimum Gasteiger partial charge on any atom is -0.486 e. The number of aromatic nitrogens is 2. The van der Waals surface area contributed by atoms with E-state index in [2.05, 4.69) is 22.5 Å². The van der Waals surface area contributed by atoms with Crippen LogP contribution in [-0.2, 0) is 4.74 Å². The Hall–Kier alpha value is -3.59. The summed E-state index contributed by atoms with van der Waals surface area (Å²) in [7, 11) is 0. The number of carbonyl (C=O) groups excluding carboxylic acids is 1. The maximum atomic E-state index is 11.8. The lowest BCUT2D eigenvalue weighted by Gasteiger charge is -2.35. The number of fused-ring (bicyclic) bond motifs is 2. The molecule has 1 fully saturated rings. The number of nitrogens with one attached hydrogen (secondary N) is 2. The molecular weight excluding hydrogens is 422 g/mol. The summed E-state index contributed by atoms with van der Waals surface area (Å²) >= 11 is 0. The molecule has 0 bridgehead atoms. The average molecular weight is 450 g/mol. The Balaban J connectivity index is 1.57. The Kier molecular flexibility index (Phi) is 5.87. The molecule has 33 heavy (non-hydrogen) atoms. The van der Waals surface area contributed by atoms with Gasteiger partial charge in [-0.15, -0.1) is 0 Å². The number of hydrogen-bond acceptors (Lipinski definition) is 7. The highest BCUT2D eigenvalue weighted by Gasteiger charge is 2.25. The summed E-state index contributed by atoms with van der Waals surface area (Å²) in [6.45, 7) is 7.66. The Labute approximate surface area is 192 Å². The van der Waals surface area contributed by atoms with E-state index >= 15 is 0 Å². The van der Waals surface area contributed by atoms with Crippen LogP contribution >= 0.6 is 0 Å². The van der Waals surface area contributed by atoms with E-state index in [1.54, 1.807) is 0 Å². The van der Waals surface area contributed by atoms with Gasteiger partial charge in [-0.3, -0.25) is 0 Å². The van der Waals surface area contributed by atoms with E-state index in [1.165, 1.54) is 0 Å². The van der Waals surface area contributed by atoms with Crippen LogP contribution in [0.15, 0.2) is 36.4 Å². The van der Waals surface area contributed by atoms with Gasteiger partial charge in [0.1, 0.15) is 19.0 Å². The van der Waals surface area contributed by atoms with Gasteiger partial charge in [-0.2, -0.15) is 0 Å². The third-order valence-corrected chi connectivity index (χ3v) is 5.72. The fourth-order valence-corrected chi connectivity index (χ4v) is 4.08. The van der Waals surface area contributed by atoms with Gasteiger partial charge in [-0.1, -0.05) is 0 Å². The quantitative estimate of drug-likeness (QED) is 0.630. The maximum absolute atomic E-state index is 11.8. The molecule has 9 nitrogen and oxygen atoms in total. The summed E-state index contributed by atoms with van der Waals surface area (Å²) in [6, 6.07) is 11.4. The van der Waals surface area contributed by atoms with Crippen LogP contribution in [0.4, 0.5) is 16.3 Å². The summed E-state index contributed by atoms with van der Waals surface area (Å²) in [5, 5.41) is 6.45. The van der Waals surface area contributed by atoms with Crippen molar-refractivity contribution in [3.05, 3.63) is 36.4 Å². The maximum Gasteiger partial charge on any atom is 0.319 e. The molecule has 2 aromatic carbocycles. The van der Waals surface area contributed by atoms with Crippen LogP contribution in [0.2, 0.25) is 0 Å². The minimum atomic E-state index is -0.234. The van der Waals surface area contributed by atoms with Gasteiger partial charge in [0, 0.05) is 35.8 Å². The van der Waals surface area contributed by atoms with E-state index in [1.807, 2.05) is 43.3 Å². The van der Waals surface area contributed by atoms with Crippen LogP contribution in [-0.4, -0.2) is 61.6 Å². The highest BCUT2D eigenvalue weighted by molar-refractivity contribution is 5.94. The monoisotopic (exact) mass is 449 g/mol. The number of benzene rings is 2. The van der Waals surface area contributed by atoms with Gasteiger partial charge in [0.2, 0.25) is 0 Å². The van der Waals surface area contributed by atoms with Crippen LogP contribution in [0, 0.1) is 0 Å². The topological polar surface area (TPSA) is 97.8 Å². The van der Waals surface area contributed by atoms with Gasteiger partial charge in [-0.25, -0.2) is 14.8 Å². The van der Waals surface area contributed by atoms with Crippen molar-refractivity contribution in [3.8, 4) is 22.9 Å². The molecule has 3 heterocycles. The van der Waals surface area contributed by atoms with E-state index in [0.29, 0.717) is 56.0 Å². The van der Waals surface area contributed by atoms with Crippen LogP contribution in [0.25, 0.3) is 22.3 Å². The van der Waals surface area contributed by atoms with Crippen molar-refractivity contribution < 1.29 is 19.0 Å². The molecule has 0 aliphatic carbocycles. The lowest BCUT2D eigenvalue weighted by atomic mass is 10.1. The van der Waals surface area contributed by atoms with Crippen molar-refractivity contribution >= 4 is 28.4 Å². The van der Waals surface area contributed by atoms with E-state index in [9.17, 15) is 4.79 Å². The number of hydrogen-bond donors (Lipinski definition) is 2. The molecule has 2 aliphatic rings. The normalized spacial score (nSPS) is 17.6. The van der Waals surface area contributed by atoms with Gasteiger partial charge in [-0.05, 0) is 44.2 Å². The zero-order valence-corrected chi connectivity index (χ0v) is 18.8. The van der Waals surface area contributed by atoms with Crippen LogP contribution in [0.1, 0.15) is 13.8 Å². The summed E-state index contributed by atoms with van der Waals surface area (Å²) in [5.74, 6) is 2.87. The lowest BCUT2D eigenvalue weighted by molar-refractivity contribution is 0.0987. The number of rotatable bonds is 4. The first-order valence-corrected chi connectivity index (χ1v) is 11.2. The Bertz CT molecular complexity index is 1170. The smallest absolute Gasteiger partial charge is 0.319 e. The molecule has 2 amide bonds. The number of carbonyl (C=O) groups is 1. The zero-order valence-electron chi connectivity index (χ0n) is 18.8. The van der Waals surface area contributed by atoms with Gasteiger partial charge in [0.25, 0.3) is 0 Å². The molecule has 0 unspecified atom stereocenters. The molecule has 3 aromatic rings. The Morgan fingerprint density at radius 1 is 1.09 bits per heavy atom. The first-order chi connectivity index (χ1) is 16.1. The SMILES string of the molecule is CCNC(=O)Nc1ccc(-c2nc(N3CCOC[C@@H]3C)c3cc4c(cc3n2)OCCO4)cc1. The number of amides is 2. The molecule has 2 aliphatic heterocycles.